The number of hydrogen-bond acceptors (Lipinski definition) is 11. The summed E-state index contributed by atoms with van der Waals surface area (Å²) in [6, 6.07) is 5.87. The molecule has 0 aliphatic carbocycles. The molecule has 0 fully saturated rings. The van der Waals surface area contributed by atoms with Crippen molar-refractivity contribution in [2.75, 3.05) is 24.4 Å². The maximum Gasteiger partial charge on any atom is 0.306 e. The maximum atomic E-state index is 12.4. The van der Waals surface area contributed by atoms with Gasteiger partial charge in [-0.2, -0.15) is 13.7 Å². The first kappa shape index (κ1) is 25.2. The largest absolute Gasteiger partial charge is 0.493 e. The van der Waals surface area contributed by atoms with Crippen LogP contribution in [0.2, 0.25) is 0 Å². The SMILES string of the molecule is COc1cc(C=C(C#N)C(=O)Nc2nnc(S(=O)(=O)CC(C)C)s2)ccc1OS(C)(=O)=O. The highest BCUT2D eigenvalue weighted by Crippen LogP contribution is 2.30. The summed E-state index contributed by atoms with van der Waals surface area (Å²) in [5, 5.41) is 18.9. The van der Waals surface area contributed by atoms with Gasteiger partial charge < -0.3 is 8.92 Å². The van der Waals surface area contributed by atoms with Gasteiger partial charge in [0.15, 0.2) is 11.5 Å². The van der Waals surface area contributed by atoms with Crippen LogP contribution in [0.15, 0.2) is 28.1 Å². The van der Waals surface area contributed by atoms with Crippen molar-refractivity contribution in [3.05, 3.63) is 29.3 Å². The number of nitrogens with one attached hydrogen (secondary N) is 1. The minimum Gasteiger partial charge on any atom is -0.493 e. The summed E-state index contributed by atoms with van der Waals surface area (Å²) in [5.74, 6) is -1.03. The first-order valence-corrected chi connectivity index (χ1v) is 13.2. The summed E-state index contributed by atoms with van der Waals surface area (Å²) in [6.07, 6.45) is 2.12. The highest BCUT2D eigenvalue weighted by molar-refractivity contribution is 7.93. The van der Waals surface area contributed by atoms with Crippen LogP contribution in [0, 0.1) is 17.2 Å². The lowest BCUT2D eigenvalue weighted by atomic mass is 10.1. The maximum absolute atomic E-state index is 12.4. The van der Waals surface area contributed by atoms with Crippen LogP contribution in [0.5, 0.6) is 11.5 Å². The van der Waals surface area contributed by atoms with Gasteiger partial charge in [0, 0.05) is 0 Å². The fraction of sp³-hybridized carbons (Fsp3) is 0.333. The first-order valence-electron chi connectivity index (χ1n) is 8.91. The number of ether oxygens (including phenoxy) is 1. The van der Waals surface area contributed by atoms with E-state index in [1.807, 2.05) is 0 Å². The number of aromatic nitrogens is 2. The molecule has 2 aromatic rings. The Bertz CT molecular complexity index is 1290. The zero-order chi connectivity index (χ0) is 24.1. The summed E-state index contributed by atoms with van der Waals surface area (Å²) >= 11 is 0.685. The molecule has 11 nitrogen and oxygen atoms in total. The highest BCUT2D eigenvalue weighted by Gasteiger charge is 2.23. The predicted octanol–water partition coefficient (Wildman–Crippen LogP) is 1.86. The fourth-order valence-corrected chi connectivity index (χ4v) is 5.45. The van der Waals surface area contributed by atoms with E-state index >= 15 is 0 Å². The van der Waals surface area contributed by atoms with Gasteiger partial charge in [0.2, 0.25) is 19.3 Å². The summed E-state index contributed by atoms with van der Waals surface area (Å²) in [5.41, 5.74) is 0.0393. The van der Waals surface area contributed by atoms with Gasteiger partial charge in [0.05, 0.1) is 19.1 Å². The van der Waals surface area contributed by atoms with Gasteiger partial charge in [0.1, 0.15) is 11.6 Å². The third-order valence-electron chi connectivity index (χ3n) is 3.55. The molecule has 0 spiro atoms. The molecule has 0 saturated heterocycles. The summed E-state index contributed by atoms with van der Waals surface area (Å²) in [4.78, 5) is 12.4. The van der Waals surface area contributed by atoms with E-state index < -0.39 is 25.9 Å². The zero-order valence-corrected chi connectivity index (χ0v) is 20.0. The number of methoxy groups -OCH3 is 1. The lowest BCUT2D eigenvalue weighted by Crippen LogP contribution is -2.13. The number of hydrogen-bond donors (Lipinski definition) is 1. The van der Waals surface area contributed by atoms with Crippen LogP contribution in [0.1, 0.15) is 19.4 Å². The Balaban J connectivity index is 2.24. The molecule has 1 heterocycles. The van der Waals surface area contributed by atoms with Crippen molar-refractivity contribution in [2.45, 2.75) is 18.2 Å². The Morgan fingerprint density at radius 2 is 1.94 bits per heavy atom. The Labute approximate surface area is 189 Å². The van der Waals surface area contributed by atoms with Gasteiger partial charge in [0.25, 0.3) is 5.91 Å². The molecular formula is C18H20N4O7S3. The average Bonchev–Trinajstić information content (AvgIpc) is 3.14. The van der Waals surface area contributed by atoms with E-state index in [1.165, 1.54) is 31.4 Å². The third-order valence-corrected chi connectivity index (χ3v) is 7.40. The number of nitriles is 1. The molecule has 0 saturated carbocycles. The average molecular weight is 501 g/mol. The molecule has 32 heavy (non-hydrogen) atoms. The zero-order valence-electron chi connectivity index (χ0n) is 17.5. The number of benzene rings is 1. The van der Waals surface area contributed by atoms with E-state index in [0.29, 0.717) is 16.9 Å². The molecule has 2 rings (SSSR count). The molecule has 1 N–H and O–H groups in total. The van der Waals surface area contributed by atoms with Crippen LogP contribution in [0.4, 0.5) is 5.13 Å². The Morgan fingerprint density at radius 3 is 2.50 bits per heavy atom. The lowest BCUT2D eigenvalue weighted by Gasteiger charge is -2.09. The standard InChI is InChI=1S/C18H20N4O7S3/c1-11(2)10-32(26,27)18-22-21-17(30-18)20-16(23)13(9-19)7-12-5-6-14(15(8-12)28-3)29-31(4,24)25/h5-8,11H,10H2,1-4H3,(H,20,21,23). The second-order valence-electron chi connectivity index (χ2n) is 6.87. The highest BCUT2D eigenvalue weighted by atomic mass is 32.2. The number of sulfone groups is 1. The van der Waals surface area contributed by atoms with Crippen molar-refractivity contribution < 1.29 is 30.6 Å². The van der Waals surface area contributed by atoms with E-state index in [9.17, 15) is 26.9 Å². The Morgan fingerprint density at radius 1 is 1.25 bits per heavy atom. The quantitative estimate of drug-likeness (QED) is 0.232. The van der Waals surface area contributed by atoms with E-state index in [4.69, 9.17) is 8.92 Å². The first-order chi connectivity index (χ1) is 14.8. The molecular weight excluding hydrogens is 480 g/mol. The van der Waals surface area contributed by atoms with E-state index in [2.05, 4.69) is 15.5 Å². The molecule has 0 atom stereocenters. The number of carbonyl (C=O) groups is 1. The van der Waals surface area contributed by atoms with Crippen molar-refractivity contribution in [3.63, 3.8) is 0 Å². The number of rotatable bonds is 9. The topological polar surface area (TPSA) is 165 Å². The van der Waals surface area contributed by atoms with E-state index in [1.54, 1.807) is 19.9 Å². The van der Waals surface area contributed by atoms with Crippen LogP contribution < -0.4 is 14.2 Å². The normalized spacial score (nSPS) is 12.3. The van der Waals surface area contributed by atoms with Crippen molar-refractivity contribution in [2.24, 2.45) is 5.92 Å². The molecule has 1 aromatic carbocycles. The second-order valence-corrected chi connectivity index (χ2v) is 11.6. The van der Waals surface area contributed by atoms with Crippen LogP contribution >= 0.6 is 11.3 Å². The van der Waals surface area contributed by atoms with Gasteiger partial charge in [-0.1, -0.05) is 31.3 Å². The van der Waals surface area contributed by atoms with Crippen LogP contribution in [-0.4, -0.2) is 52.1 Å². The van der Waals surface area contributed by atoms with Gasteiger partial charge in [-0.3, -0.25) is 10.1 Å². The second kappa shape index (κ2) is 10.1. The third kappa shape index (κ3) is 7.01. The van der Waals surface area contributed by atoms with Crippen molar-refractivity contribution >= 4 is 48.4 Å². The number of amides is 1. The van der Waals surface area contributed by atoms with Gasteiger partial charge in [-0.15, -0.1) is 10.2 Å². The lowest BCUT2D eigenvalue weighted by molar-refractivity contribution is -0.112. The van der Waals surface area contributed by atoms with Crippen molar-refractivity contribution in [1.82, 2.24) is 10.2 Å². The smallest absolute Gasteiger partial charge is 0.306 e. The summed E-state index contributed by atoms with van der Waals surface area (Å²) < 4.78 is 56.8. The Hall–Kier alpha value is -3.02. The Kier molecular flexibility index (Phi) is 7.94. The molecule has 0 aliphatic rings. The van der Waals surface area contributed by atoms with E-state index in [0.717, 1.165) is 6.26 Å². The molecule has 0 unspecified atom stereocenters. The van der Waals surface area contributed by atoms with E-state index in [-0.39, 0.29) is 38.2 Å². The molecule has 0 radical (unpaired) electrons. The number of nitrogens with zero attached hydrogens (tertiary/aromatic N) is 3. The van der Waals surface area contributed by atoms with Gasteiger partial charge in [-0.25, -0.2) is 8.42 Å². The molecule has 0 bridgehead atoms. The van der Waals surface area contributed by atoms with Crippen LogP contribution in [-0.2, 0) is 24.7 Å². The molecule has 1 aromatic heterocycles. The molecule has 1 amide bonds. The molecule has 14 heteroatoms. The summed E-state index contributed by atoms with van der Waals surface area (Å²) in [7, 11) is -6.11. The summed E-state index contributed by atoms with van der Waals surface area (Å²) in [6.45, 7) is 3.50. The molecule has 172 valence electrons. The minimum absolute atomic E-state index is 0.0564. The van der Waals surface area contributed by atoms with Crippen molar-refractivity contribution in [3.8, 4) is 17.6 Å². The molecule has 0 aliphatic heterocycles. The predicted molar refractivity (Wildman–Crippen MR) is 117 cm³/mol. The fourth-order valence-electron chi connectivity index (χ4n) is 2.38. The van der Waals surface area contributed by atoms with Gasteiger partial charge in [-0.05, 0) is 29.7 Å². The van der Waals surface area contributed by atoms with Crippen molar-refractivity contribution in [1.29, 1.82) is 5.26 Å². The minimum atomic E-state index is -3.78. The number of carbonyl (C=O) groups excluding carboxylic acids is 1. The monoisotopic (exact) mass is 500 g/mol. The van der Waals surface area contributed by atoms with Gasteiger partial charge >= 0.3 is 10.1 Å². The van der Waals surface area contributed by atoms with Crippen LogP contribution in [0.25, 0.3) is 6.08 Å². The number of anilines is 1. The van der Waals surface area contributed by atoms with Crippen LogP contribution in [0.3, 0.4) is 0 Å².